The molecule has 3 heteroatoms. The molecule has 0 spiro atoms. The van der Waals surface area contributed by atoms with Crippen LogP contribution >= 0.6 is 0 Å². The molecule has 0 fully saturated rings. The molecule has 1 heterocycles. The van der Waals surface area contributed by atoms with Gasteiger partial charge in [-0.15, -0.1) is 0 Å². The first-order valence-corrected chi connectivity index (χ1v) is 5.78. The molecule has 0 unspecified atom stereocenters. The van der Waals surface area contributed by atoms with Crippen LogP contribution in [0, 0.1) is 6.92 Å². The van der Waals surface area contributed by atoms with Crippen molar-refractivity contribution in [3.8, 4) is 0 Å². The summed E-state index contributed by atoms with van der Waals surface area (Å²) in [4.78, 5) is 15.7. The van der Waals surface area contributed by atoms with Crippen molar-refractivity contribution < 1.29 is 9.53 Å². The number of aromatic nitrogens is 1. The zero-order valence-electron chi connectivity index (χ0n) is 10.5. The van der Waals surface area contributed by atoms with E-state index in [4.69, 9.17) is 4.74 Å². The summed E-state index contributed by atoms with van der Waals surface area (Å²) >= 11 is 0. The van der Waals surface area contributed by atoms with E-state index in [0.717, 1.165) is 17.7 Å². The van der Waals surface area contributed by atoms with Crippen molar-refractivity contribution in [3.05, 3.63) is 65.0 Å². The second-order valence-corrected chi connectivity index (χ2v) is 4.13. The average Bonchev–Trinajstić information content (AvgIpc) is 2.41. The van der Waals surface area contributed by atoms with Crippen molar-refractivity contribution in [2.75, 3.05) is 7.11 Å². The number of pyridine rings is 1. The zero-order valence-corrected chi connectivity index (χ0v) is 10.5. The van der Waals surface area contributed by atoms with Crippen molar-refractivity contribution in [1.29, 1.82) is 0 Å². The molecule has 0 aliphatic heterocycles. The molecule has 18 heavy (non-hydrogen) atoms. The van der Waals surface area contributed by atoms with Crippen LogP contribution in [0.5, 0.6) is 0 Å². The Bertz CT molecular complexity index is 550. The van der Waals surface area contributed by atoms with Gasteiger partial charge in [0.1, 0.15) is 0 Å². The minimum absolute atomic E-state index is 0.303. The molecular formula is C15H15NO2. The predicted octanol–water partition coefficient (Wildman–Crippen LogP) is 2.77. The molecule has 0 aliphatic rings. The molecule has 0 aliphatic carbocycles. The third-order valence-corrected chi connectivity index (χ3v) is 2.86. The topological polar surface area (TPSA) is 39.2 Å². The van der Waals surface area contributed by atoms with Crippen LogP contribution in [0.25, 0.3) is 0 Å². The van der Waals surface area contributed by atoms with Crippen molar-refractivity contribution >= 4 is 5.97 Å². The fourth-order valence-corrected chi connectivity index (χ4v) is 1.84. The Morgan fingerprint density at radius 3 is 2.72 bits per heavy atom. The van der Waals surface area contributed by atoms with E-state index in [9.17, 15) is 4.79 Å². The van der Waals surface area contributed by atoms with Crippen LogP contribution in [0.2, 0.25) is 0 Å². The van der Waals surface area contributed by atoms with Gasteiger partial charge in [0.25, 0.3) is 0 Å². The monoisotopic (exact) mass is 241 g/mol. The number of carbonyl (C=O) groups is 1. The lowest BCUT2D eigenvalue weighted by atomic mass is 10.0. The van der Waals surface area contributed by atoms with Crippen molar-refractivity contribution in [3.63, 3.8) is 0 Å². The van der Waals surface area contributed by atoms with Crippen molar-refractivity contribution in [1.82, 2.24) is 4.98 Å². The summed E-state index contributed by atoms with van der Waals surface area (Å²) in [5, 5.41) is 0. The number of esters is 1. The van der Waals surface area contributed by atoms with Gasteiger partial charge in [-0.3, -0.25) is 4.98 Å². The third-order valence-electron chi connectivity index (χ3n) is 2.86. The van der Waals surface area contributed by atoms with Gasteiger partial charge in [-0.25, -0.2) is 4.79 Å². The molecule has 1 aromatic carbocycles. The largest absolute Gasteiger partial charge is 0.465 e. The van der Waals surface area contributed by atoms with E-state index in [1.165, 1.54) is 12.7 Å². The number of rotatable bonds is 3. The molecule has 0 radical (unpaired) electrons. The maximum atomic E-state index is 11.4. The van der Waals surface area contributed by atoms with Gasteiger partial charge in [0, 0.05) is 18.3 Å². The molecule has 92 valence electrons. The van der Waals surface area contributed by atoms with Crippen LogP contribution < -0.4 is 0 Å². The Hall–Kier alpha value is -2.16. The Balaban J connectivity index is 2.23. The molecule has 0 N–H and O–H groups in total. The number of hydrogen-bond acceptors (Lipinski definition) is 3. The van der Waals surface area contributed by atoms with E-state index in [1.54, 1.807) is 12.3 Å². The maximum Gasteiger partial charge on any atom is 0.337 e. The van der Waals surface area contributed by atoms with Crippen molar-refractivity contribution in [2.45, 2.75) is 13.3 Å². The summed E-state index contributed by atoms with van der Waals surface area (Å²) in [7, 11) is 1.39. The minimum Gasteiger partial charge on any atom is -0.465 e. The lowest BCUT2D eigenvalue weighted by molar-refractivity contribution is 0.0600. The first-order chi connectivity index (χ1) is 8.70. The van der Waals surface area contributed by atoms with Crippen LogP contribution in [-0.4, -0.2) is 18.1 Å². The van der Waals surface area contributed by atoms with E-state index in [0.29, 0.717) is 5.56 Å². The Labute approximate surface area is 106 Å². The summed E-state index contributed by atoms with van der Waals surface area (Å²) in [6, 6.07) is 11.5. The molecule has 0 atom stereocenters. The van der Waals surface area contributed by atoms with Crippen molar-refractivity contribution in [2.24, 2.45) is 0 Å². The summed E-state index contributed by atoms with van der Waals surface area (Å²) in [6.07, 6.45) is 2.56. The molecule has 3 nitrogen and oxygen atoms in total. The Kier molecular flexibility index (Phi) is 3.72. The maximum absolute atomic E-state index is 11.4. The fourth-order valence-electron chi connectivity index (χ4n) is 1.84. The normalized spacial score (nSPS) is 10.1. The predicted molar refractivity (Wildman–Crippen MR) is 69.6 cm³/mol. The smallest absolute Gasteiger partial charge is 0.337 e. The van der Waals surface area contributed by atoms with Gasteiger partial charge in [-0.1, -0.05) is 12.1 Å². The van der Waals surface area contributed by atoms with Crippen LogP contribution in [0.4, 0.5) is 0 Å². The average molecular weight is 241 g/mol. The zero-order chi connectivity index (χ0) is 13.0. The van der Waals surface area contributed by atoms with Crippen LogP contribution in [-0.2, 0) is 11.2 Å². The van der Waals surface area contributed by atoms with Gasteiger partial charge >= 0.3 is 5.97 Å². The number of hydrogen-bond donors (Lipinski definition) is 0. The fraction of sp³-hybridized carbons (Fsp3) is 0.200. The Morgan fingerprint density at radius 1 is 1.28 bits per heavy atom. The molecule has 0 saturated carbocycles. The van der Waals surface area contributed by atoms with Crippen LogP contribution in [0.1, 0.15) is 27.2 Å². The summed E-state index contributed by atoms with van der Waals surface area (Å²) in [5.74, 6) is -0.303. The van der Waals surface area contributed by atoms with Gasteiger partial charge in [-0.2, -0.15) is 0 Å². The highest BCUT2D eigenvalue weighted by Crippen LogP contribution is 2.15. The quantitative estimate of drug-likeness (QED) is 0.776. The lowest BCUT2D eigenvalue weighted by Gasteiger charge is -2.07. The first-order valence-electron chi connectivity index (χ1n) is 5.78. The standard InChI is InChI=1S/C15H15NO2/c1-11-9-13(15(17)18-2)7-6-12(11)10-14-5-3-4-8-16-14/h3-9H,10H2,1-2H3. The lowest BCUT2D eigenvalue weighted by Crippen LogP contribution is -2.03. The number of aryl methyl sites for hydroxylation is 1. The van der Waals surface area contributed by atoms with Gasteiger partial charge in [0.15, 0.2) is 0 Å². The van der Waals surface area contributed by atoms with E-state index in [1.807, 2.05) is 37.3 Å². The first kappa shape index (κ1) is 12.3. The highest BCUT2D eigenvalue weighted by molar-refractivity contribution is 5.89. The van der Waals surface area contributed by atoms with E-state index in [2.05, 4.69) is 4.98 Å². The number of benzene rings is 1. The second-order valence-electron chi connectivity index (χ2n) is 4.13. The molecular weight excluding hydrogens is 226 g/mol. The van der Waals surface area contributed by atoms with Crippen LogP contribution in [0.3, 0.4) is 0 Å². The molecule has 1 aromatic heterocycles. The summed E-state index contributed by atoms with van der Waals surface area (Å²) in [5.41, 5.74) is 3.84. The SMILES string of the molecule is COC(=O)c1ccc(Cc2ccccn2)c(C)c1. The molecule has 0 bridgehead atoms. The van der Waals surface area contributed by atoms with Gasteiger partial charge in [-0.05, 0) is 42.3 Å². The number of carbonyl (C=O) groups excluding carboxylic acids is 1. The van der Waals surface area contributed by atoms with Gasteiger partial charge in [0.2, 0.25) is 0 Å². The highest BCUT2D eigenvalue weighted by atomic mass is 16.5. The minimum atomic E-state index is -0.303. The van der Waals surface area contributed by atoms with E-state index in [-0.39, 0.29) is 5.97 Å². The highest BCUT2D eigenvalue weighted by Gasteiger charge is 2.08. The van der Waals surface area contributed by atoms with Gasteiger partial charge < -0.3 is 4.74 Å². The second kappa shape index (κ2) is 5.45. The summed E-state index contributed by atoms with van der Waals surface area (Å²) in [6.45, 7) is 1.99. The third kappa shape index (κ3) is 2.74. The number of ether oxygens (including phenoxy) is 1. The Morgan fingerprint density at radius 2 is 2.11 bits per heavy atom. The molecule has 0 amide bonds. The molecule has 2 rings (SSSR count). The number of methoxy groups -OCH3 is 1. The van der Waals surface area contributed by atoms with E-state index < -0.39 is 0 Å². The molecule has 2 aromatic rings. The molecule has 0 saturated heterocycles. The summed E-state index contributed by atoms with van der Waals surface area (Å²) < 4.78 is 4.70. The van der Waals surface area contributed by atoms with Crippen LogP contribution in [0.15, 0.2) is 42.6 Å². The number of nitrogens with zero attached hydrogens (tertiary/aromatic N) is 1. The van der Waals surface area contributed by atoms with Gasteiger partial charge in [0.05, 0.1) is 12.7 Å². The van der Waals surface area contributed by atoms with E-state index >= 15 is 0 Å².